The number of carbonyl (C=O) groups excluding carboxylic acids is 3. The molecule has 1 aromatic rings. The van der Waals surface area contributed by atoms with Gasteiger partial charge in [-0.2, -0.15) is 0 Å². The highest BCUT2D eigenvalue weighted by Crippen LogP contribution is 2.48. The lowest BCUT2D eigenvalue weighted by Gasteiger charge is -2.46. The number of ether oxygens (including phenoxy) is 2. The van der Waals surface area contributed by atoms with Crippen molar-refractivity contribution in [3.8, 4) is 0 Å². The van der Waals surface area contributed by atoms with Crippen LogP contribution in [-0.4, -0.2) is 78.8 Å². The van der Waals surface area contributed by atoms with E-state index in [-0.39, 0.29) is 41.4 Å². The average molecular weight is 584 g/mol. The third-order valence-electron chi connectivity index (χ3n) is 8.60. The summed E-state index contributed by atoms with van der Waals surface area (Å²) >= 11 is 1.50. The number of nitrogens with zero attached hydrogens (tertiary/aromatic N) is 2. The van der Waals surface area contributed by atoms with Gasteiger partial charge in [0.1, 0.15) is 5.60 Å². The Balaban J connectivity index is 1.18. The summed E-state index contributed by atoms with van der Waals surface area (Å²) in [6.45, 7) is 8.89. The van der Waals surface area contributed by atoms with E-state index in [4.69, 9.17) is 9.47 Å². The fourth-order valence-corrected chi connectivity index (χ4v) is 8.12. The highest BCUT2D eigenvalue weighted by Gasteiger charge is 2.52. The third kappa shape index (κ3) is 5.94. The molecule has 5 heterocycles. The Morgan fingerprint density at radius 1 is 1.15 bits per heavy atom. The van der Waals surface area contributed by atoms with Crippen molar-refractivity contribution in [2.75, 3.05) is 37.7 Å². The molecule has 4 fully saturated rings. The van der Waals surface area contributed by atoms with E-state index in [0.29, 0.717) is 23.9 Å². The molecule has 0 radical (unpaired) electrons. The van der Waals surface area contributed by atoms with E-state index in [1.165, 1.54) is 17.3 Å². The quantitative estimate of drug-likeness (QED) is 0.493. The lowest BCUT2D eigenvalue weighted by Crippen LogP contribution is -2.62. The Bertz CT molecular complexity index is 1230. The van der Waals surface area contributed by atoms with Gasteiger partial charge >= 0.3 is 12.1 Å². The van der Waals surface area contributed by atoms with Crippen molar-refractivity contribution in [3.63, 3.8) is 0 Å². The fraction of sp³-hybridized carbons (Fsp3) is 0.633. The monoisotopic (exact) mass is 583 g/mol. The molecule has 4 saturated heterocycles. The predicted octanol–water partition coefficient (Wildman–Crippen LogP) is 3.89. The van der Waals surface area contributed by atoms with Crippen molar-refractivity contribution in [1.29, 1.82) is 0 Å². The highest BCUT2D eigenvalue weighted by atomic mass is 32.2. The first kappa shape index (κ1) is 28.4. The number of thioether (sulfide) groups is 1. The summed E-state index contributed by atoms with van der Waals surface area (Å²) < 4.78 is 11.1. The number of amides is 4. The zero-order valence-corrected chi connectivity index (χ0v) is 24.9. The van der Waals surface area contributed by atoms with Crippen LogP contribution in [0.4, 0.5) is 15.3 Å². The number of hydrogen-bond donors (Lipinski definition) is 3. The van der Waals surface area contributed by atoms with Crippen LogP contribution in [-0.2, 0) is 14.3 Å². The van der Waals surface area contributed by atoms with Crippen LogP contribution in [0.5, 0.6) is 0 Å². The smallest absolute Gasteiger partial charge is 0.410 e. The van der Waals surface area contributed by atoms with Crippen LogP contribution in [0.3, 0.4) is 0 Å². The van der Waals surface area contributed by atoms with E-state index in [1.807, 2.05) is 37.8 Å². The molecule has 4 atom stereocenters. The van der Waals surface area contributed by atoms with Crippen LogP contribution in [0.1, 0.15) is 64.4 Å². The molecule has 0 saturated carbocycles. The molecule has 222 valence electrons. The molecule has 4 amide bonds. The molecule has 3 unspecified atom stereocenters. The van der Waals surface area contributed by atoms with E-state index < -0.39 is 5.60 Å². The van der Waals surface area contributed by atoms with Gasteiger partial charge in [-0.3, -0.25) is 9.69 Å². The van der Waals surface area contributed by atoms with Gasteiger partial charge in [0.05, 0.1) is 16.3 Å². The Morgan fingerprint density at radius 2 is 1.95 bits per heavy atom. The molecule has 1 aromatic carbocycles. The Hall–Kier alpha value is -2.76. The SMILES string of the molecule is CC(C)(C)OC(=O)N1CCC[C@@H](NC(=O)C2=C3NC(=O)N(c4cccc(C5CCOCC5)c4)C4CCNC(S2)C34)C1. The van der Waals surface area contributed by atoms with Gasteiger partial charge in [0, 0.05) is 49.6 Å². The van der Waals surface area contributed by atoms with Gasteiger partial charge in [-0.1, -0.05) is 23.9 Å². The first-order chi connectivity index (χ1) is 19.7. The third-order valence-corrected chi connectivity index (χ3v) is 9.95. The maximum atomic E-state index is 13.7. The molecule has 41 heavy (non-hydrogen) atoms. The van der Waals surface area contributed by atoms with Crippen LogP contribution in [0.15, 0.2) is 34.9 Å². The average Bonchev–Trinajstić information content (AvgIpc) is 3.32. The number of hydrogen-bond acceptors (Lipinski definition) is 7. The topological polar surface area (TPSA) is 112 Å². The molecule has 10 nitrogen and oxygen atoms in total. The van der Waals surface area contributed by atoms with Gasteiger partial charge in [0.15, 0.2) is 0 Å². The van der Waals surface area contributed by atoms with Gasteiger partial charge in [0.2, 0.25) is 0 Å². The van der Waals surface area contributed by atoms with Crippen molar-refractivity contribution in [2.45, 2.75) is 81.9 Å². The van der Waals surface area contributed by atoms with E-state index in [0.717, 1.165) is 63.2 Å². The van der Waals surface area contributed by atoms with E-state index in [9.17, 15) is 14.4 Å². The Labute approximate surface area is 245 Å². The molecule has 5 aliphatic heterocycles. The molecule has 6 rings (SSSR count). The van der Waals surface area contributed by atoms with Gasteiger partial charge in [-0.15, -0.1) is 0 Å². The highest BCUT2D eigenvalue weighted by molar-refractivity contribution is 8.04. The second kappa shape index (κ2) is 11.5. The Morgan fingerprint density at radius 3 is 2.73 bits per heavy atom. The number of benzene rings is 1. The maximum absolute atomic E-state index is 13.7. The van der Waals surface area contributed by atoms with Gasteiger partial charge < -0.3 is 30.3 Å². The molecule has 5 aliphatic rings. The van der Waals surface area contributed by atoms with Crippen molar-refractivity contribution in [2.24, 2.45) is 5.92 Å². The summed E-state index contributed by atoms with van der Waals surface area (Å²) in [4.78, 5) is 44.0. The summed E-state index contributed by atoms with van der Waals surface area (Å²) in [5, 5.41) is 9.85. The van der Waals surface area contributed by atoms with Crippen LogP contribution < -0.4 is 20.9 Å². The maximum Gasteiger partial charge on any atom is 0.410 e. The van der Waals surface area contributed by atoms with Crippen LogP contribution >= 0.6 is 11.8 Å². The molecule has 3 N–H and O–H groups in total. The number of nitrogens with one attached hydrogen (secondary N) is 3. The second-order valence-electron chi connectivity index (χ2n) is 12.6. The minimum Gasteiger partial charge on any atom is -0.444 e. The minimum atomic E-state index is -0.570. The number of piperidine rings is 2. The van der Waals surface area contributed by atoms with E-state index in [2.05, 4.69) is 28.1 Å². The lowest BCUT2D eigenvalue weighted by atomic mass is 9.86. The van der Waals surface area contributed by atoms with Crippen molar-refractivity contribution < 1.29 is 23.9 Å². The summed E-state index contributed by atoms with van der Waals surface area (Å²) in [7, 11) is 0. The summed E-state index contributed by atoms with van der Waals surface area (Å²) in [6, 6.07) is 7.98. The zero-order valence-electron chi connectivity index (χ0n) is 24.1. The molecule has 0 aliphatic carbocycles. The lowest BCUT2D eigenvalue weighted by molar-refractivity contribution is -0.118. The summed E-state index contributed by atoms with van der Waals surface area (Å²) in [6.07, 6.45) is 4.01. The van der Waals surface area contributed by atoms with Crippen LogP contribution in [0, 0.1) is 5.92 Å². The van der Waals surface area contributed by atoms with Gasteiger partial charge in [-0.25, -0.2) is 9.59 Å². The van der Waals surface area contributed by atoms with Crippen molar-refractivity contribution >= 4 is 35.5 Å². The number of carbonyl (C=O) groups is 3. The predicted molar refractivity (Wildman–Crippen MR) is 158 cm³/mol. The van der Waals surface area contributed by atoms with Gasteiger partial charge in [-0.05, 0) is 83.0 Å². The number of rotatable bonds is 4. The largest absolute Gasteiger partial charge is 0.444 e. The second-order valence-corrected chi connectivity index (χ2v) is 13.8. The standard InChI is InChI=1S/C30H41N5O5S/c1-30(2,3)40-29(38)34-13-5-7-20(17-34)32-26(36)25-24-23-22(9-12-31-27(23)41-25)35(28(37)33-24)21-8-4-6-19(16-21)18-10-14-39-15-11-18/h4,6,8,16,18,20,22-23,27,31H,5,7,9-15,17H2,1-3H3,(H,32,36)(H,33,37)/t20-,22?,23?,27?/m1/s1. The van der Waals surface area contributed by atoms with Crippen molar-refractivity contribution in [1.82, 2.24) is 20.9 Å². The molecular formula is C30H41N5O5S. The summed E-state index contributed by atoms with van der Waals surface area (Å²) in [5.41, 5.74) is 2.30. The van der Waals surface area contributed by atoms with Crippen LogP contribution in [0.25, 0.3) is 0 Å². The normalized spacial score (nSPS) is 28.7. The molecule has 0 spiro atoms. The van der Waals surface area contributed by atoms with Crippen molar-refractivity contribution in [3.05, 3.63) is 40.4 Å². The number of urea groups is 1. The molecule has 0 bridgehead atoms. The molecule has 11 heteroatoms. The fourth-order valence-electron chi connectivity index (χ4n) is 6.72. The first-order valence-electron chi connectivity index (χ1n) is 14.9. The first-order valence-corrected chi connectivity index (χ1v) is 15.8. The van der Waals surface area contributed by atoms with E-state index >= 15 is 0 Å². The van der Waals surface area contributed by atoms with Gasteiger partial charge in [0.25, 0.3) is 5.91 Å². The number of likely N-dealkylation sites (tertiary alicyclic amines) is 1. The minimum absolute atomic E-state index is 0.0101. The van der Waals surface area contributed by atoms with E-state index in [1.54, 1.807) is 4.90 Å². The zero-order chi connectivity index (χ0) is 28.7. The molecular weight excluding hydrogens is 542 g/mol. The molecule has 0 aromatic heterocycles. The number of anilines is 1. The summed E-state index contributed by atoms with van der Waals surface area (Å²) in [5.74, 6) is 0.242. The van der Waals surface area contributed by atoms with Crippen LogP contribution in [0.2, 0.25) is 0 Å². The Kier molecular flexibility index (Phi) is 7.95.